The normalized spacial score (nSPS) is 11.0. The molecule has 0 atom stereocenters. The van der Waals surface area contributed by atoms with E-state index >= 15 is 0 Å². The number of carbonyl (C=O) groups excluding carboxylic acids is 1. The molecule has 0 saturated carbocycles. The minimum absolute atomic E-state index is 0.0532. The van der Waals surface area contributed by atoms with Crippen molar-refractivity contribution in [1.82, 2.24) is 0 Å². The lowest BCUT2D eigenvalue weighted by atomic mass is 10.1. The van der Waals surface area contributed by atoms with Crippen LogP contribution >= 0.6 is 34.5 Å². The quantitative estimate of drug-likeness (QED) is 0.169. The highest BCUT2D eigenvalue weighted by Crippen LogP contribution is 2.33. The summed E-state index contributed by atoms with van der Waals surface area (Å²) in [7, 11) is 1.58. The van der Waals surface area contributed by atoms with Crippen molar-refractivity contribution in [2.24, 2.45) is 0 Å². The molecule has 3 nitrogen and oxygen atoms in total. The Balaban J connectivity index is 1.49. The zero-order valence-electron chi connectivity index (χ0n) is 18.5. The smallest absolute Gasteiger partial charge is 0.195 e. The van der Waals surface area contributed by atoms with Crippen LogP contribution in [0.5, 0.6) is 11.5 Å². The predicted octanol–water partition coefficient (Wildman–Crippen LogP) is 8.13. The van der Waals surface area contributed by atoms with Crippen LogP contribution in [0.3, 0.4) is 0 Å². The minimum atomic E-state index is -0.0532. The maximum atomic E-state index is 12.8. The second-order valence-corrected chi connectivity index (χ2v) is 9.52. The average Bonchev–Trinajstić information content (AvgIpc) is 3.32. The van der Waals surface area contributed by atoms with Gasteiger partial charge in [0, 0.05) is 16.9 Å². The van der Waals surface area contributed by atoms with E-state index in [9.17, 15) is 4.79 Å². The number of methoxy groups -OCH3 is 1. The van der Waals surface area contributed by atoms with Gasteiger partial charge in [0.1, 0.15) is 6.61 Å². The third-order valence-corrected chi connectivity index (χ3v) is 6.98. The van der Waals surface area contributed by atoms with Gasteiger partial charge in [0.05, 0.1) is 22.0 Å². The third-order valence-electron chi connectivity index (χ3n) is 5.14. The van der Waals surface area contributed by atoms with Gasteiger partial charge in [0.2, 0.25) is 0 Å². The van der Waals surface area contributed by atoms with E-state index in [0.717, 1.165) is 22.4 Å². The van der Waals surface area contributed by atoms with Crippen molar-refractivity contribution in [2.45, 2.75) is 13.0 Å². The summed E-state index contributed by atoms with van der Waals surface area (Å²) in [5.74, 6) is 1.08. The van der Waals surface area contributed by atoms with Crippen molar-refractivity contribution in [3.63, 3.8) is 0 Å². The van der Waals surface area contributed by atoms with Gasteiger partial charge in [-0.05, 0) is 53.6 Å². The molecule has 6 heteroatoms. The maximum absolute atomic E-state index is 12.8. The van der Waals surface area contributed by atoms with Gasteiger partial charge in [0.25, 0.3) is 0 Å². The van der Waals surface area contributed by atoms with E-state index in [1.165, 1.54) is 16.9 Å². The first-order valence-electron chi connectivity index (χ1n) is 10.6. The van der Waals surface area contributed by atoms with Crippen LogP contribution in [0.25, 0.3) is 6.08 Å². The van der Waals surface area contributed by atoms with E-state index < -0.39 is 0 Å². The fourth-order valence-electron chi connectivity index (χ4n) is 3.41. The van der Waals surface area contributed by atoms with Crippen LogP contribution in [0, 0.1) is 0 Å². The van der Waals surface area contributed by atoms with Crippen molar-refractivity contribution in [1.29, 1.82) is 0 Å². The van der Waals surface area contributed by atoms with Crippen molar-refractivity contribution in [2.75, 3.05) is 7.11 Å². The molecular formula is C28H22Cl2O3S. The summed E-state index contributed by atoms with van der Waals surface area (Å²) < 4.78 is 11.5. The van der Waals surface area contributed by atoms with E-state index in [2.05, 4.69) is 12.1 Å². The molecule has 0 unspecified atom stereocenters. The molecule has 0 N–H and O–H groups in total. The van der Waals surface area contributed by atoms with Gasteiger partial charge in [0.15, 0.2) is 17.3 Å². The topological polar surface area (TPSA) is 35.5 Å². The van der Waals surface area contributed by atoms with Crippen molar-refractivity contribution in [3.8, 4) is 11.5 Å². The Morgan fingerprint density at radius 2 is 1.74 bits per heavy atom. The Hall–Kier alpha value is -3.05. The van der Waals surface area contributed by atoms with E-state index in [-0.39, 0.29) is 12.4 Å². The van der Waals surface area contributed by atoms with Gasteiger partial charge in [-0.2, -0.15) is 0 Å². The molecular weight excluding hydrogens is 487 g/mol. The molecule has 0 amide bonds. The molecule has 0 aliphatic heterocycles. The second-order valence-electron chi connectivity index (χ2n) is 7.54. The minimum Gasteiger partial charge on any atom is -0.493 e. The van der Waals surface area contributed by atoms with Gasteiger partial charge < -0.3 is 9.47 Å². The third kappa shape index (κ3) is 6.09. The first-order valence-corrected chi connectivity index (χ1v) is 12.2. The number of thiophene rings is 1. The fraction of sp³-hybridized carbons (Fsp3) is 0.107. The van der Waals surface area contributed by atoms with Gasteiger partial charge >= 0.3 is 0 Å². The number of para-hydroxylation sites is 1. The monoisotopic (exact) mass is 508 g/mol. The van der Waals surface area contributed by atoms with E-state index in [0.29, 0.717) is 26.4 Å². The molecule has 172 valence electrons. The Kier molecular flexibility index (Phi) is 8.07. The number of allylic oxidation sites excluding steroid dienone is 1. The van der Waals surface area contributed by atoms with Crippen LogP contribution < -0.4 is 9.47 Å². The molecule has 0 saturated heterocycles. The highest BCUT2D eigenvalue weighted by atomic mass is 35.5. The zero-order valence-corrected chi connectivity index (χ0v) is 20.8. The lowest BCUT2D eigenvalue weighted by Crippen LogP contribution is -2.00. The molecule has 0 spiro atoms. The summed E-state index contributed by atoms with van der Waals surface area (Å²) >= 11 is 13.6. The van der Waals surface area contributed by atoms with Crippen LogP contribution in [-0.2, 0) is 13.0 Å². The molecule has 1 aromatic heterocycles. The summed E-state index contributed by atoms with van der Waals surface area (Å²) in [5.41, 5.74) is 2.84. The number of carbonyl (C=O) groups is 1. The number of ether oxygens (including phenoxy) is 2. The molecule has 4 rings (SSSR count). The number of halogens is 2. The molecule has 34 heavy (non-hydrogen) atoms. The van der Waals surface area contributed by atoms with E-state index in [1.54, 1.807) is 31.4 Å². The summed E-state index contributed by atoms with van der Waals surface area (Å²) in [6.07, 6.45) is 4.13. The lowest BCUT2D eigenvalue weighted by Gasteiger charge is -2.14. The SMILES string of the molecule is COc1cccc(/C=C/C(=O)c2ccc(Cc3ccccc3)s2)c1OCc1ccc(Cl)c(Cl)c1. The van der Waals surface area contributed by atoms with Crippen LogP contribution in [0.15, 0.2) is 84.9 Å². The predicted molar refractivity (Wildman–Crippen MR) is 141 cm³/mol. The second kappa shape index (κ2) is 11.4. The Morgan fingerprint density at radius 1 is 0.912 bits per heavy atom. The summed E-state index contributed by atoms with van der Waals surface area (Å²) in [5, 5.41) is 0.960. The molecule has 0 aliphatic carbocycles. The number of hydrogen-bond donors (Lipinski definition) is 0. The summed E-state index contributed by atoms with van der Waals surface area (Å²) in [4.78, 5) is 14.7. The highest BCUT2D eigenvalue weighted by molar-refractivity contribution is 7.14. The standard InChI is InChI=1S/C28H22Cl2O3S/c1-32-26-9-5-8-21(28(26)33-18-20-10-13-23(29)24(30)17-20)11-14-25(31)27-15-12-22(34-27)16-19-6-3-2-4-7-19/h2-15,17H,16,18H2,1H3/b14-11+. The van der Waals surface area contributed by atoms with Gasteiger partial charge in [-0.15, -0.1) is 11.3 Å². The number of rotatable bonds is 9. The van der Waals surface area contributed by atoms with E-state index in [4.69, 9.17) is 32.7 Å². The number of ketones is 1. The van der Waals surface area contributed by atoms with Crippen LogP contribution in [0.4, 0.5) is 0 Å². The molecule has 0 bridgehead atoms. The van der Waals surface area contributed by atoms with Crippen LogP contribution in [0.1, 0.15) is 31.2 Å². The largest absolute Gasteiger partial charge is 0.493 e. The average molecular weight is 509 g/mol. The van der Waals surface area contributed by atoms with E-state index in [1.807, 2.05) is 54.6 Å². The van der Waals surface area contributed by atoms with Crippen LogP contribution in [0.2, 0.25) is 10.0 Å². The molecule has 3 aromatic carbocycles. The first kappa shape index (κ1) is 24.1. The first-order chi connectivity index (χ1) is 16.5. The highest BCUT2D eigenvalue weighted by Gasteiger charge is 2.12. The molecule has 0 aliphatic rings. The lowest BCUT2D eigenvalue weighted by molar-refractivity contribution is 0.105. The molecule has 1 heterocycles. The maximum Gasteiger partial charge on any atom is 0.195 e. The van der Waals surface area contributed by atoms with Gasteiger partial charge in [-0.1, -0.05) is 71.7 Å². The van der Waals surface area contributed by atoms with Crippen molar-refractivity contribution < 1.29 is 14.3 Å². The number of hydrogen-bond acceptors (Lipinski definition) is 4. The van der Waals surface area contributed by atoms with Gasteiger partial charge in [-0.25, -0.2) is 0 Å². The fourth-order valence-corrected chi connectivity index (χ4v) is 4.70. The Bertz CT molecular complexity index is 1310. The van der Waals surface area contributed by atoms with Crippen molar-refractivity contribution >= 4 is 46.4 Å². The zero-order chi connectivity index (χ0) is 23.9. The molecule has 0 fully saturated rings. The molecule has 0 radical (unpaired) electrons. The molecule has 4 aromatic rings. The number of benzene rings is 3. The Morgan fingerprint density at radius 3 is 2.50 bits per heavy atom. The van der Waals surface area contributed by atoms with Gasteiger partial charge in [-0.3, -0.25) is 4.79 Å². The summed E-state index contributed by atoms with van der Waals surface area (Å²) in [6, 6.07) is 25.0. The Labute approximate surface area is 213 Å². The summed E-state index contributed by atoms with van der Waals surface area (Å²) in [6.45, 7) is 0.278. The van der Waals surface area contributed by atoms with Crippen LogP contribution in [-0.4, -0.2) is 12.9 Å². The van der Waals surface area contributed by atoms with Crippen molar-refractivity contribution in [3.05, 3.63) is 121 Å².